The van der Waals surface area contributed by atoms with Gasteiger partial charge in [-0.3, -0.25) is 29.6 Å². The largest absolute Gasteiger partial charge is 0.508 e. The summed E-state index contributed by atoms with van der Waals surface area (Å²) in [4.78, 5) is 50.1. The van der Waals surface area contributed by atoms with Crippen LogP contribution in [0.15, 0.2) is 40.1 Å². The van der Waals surface area contributed by atoms with E-state index in [1.54, 1.807) is 4.90 Å². The molecule has 1 aliphatic heterocycles. The Morgan fingerprint density at radius 3 is 2.38 bits per heavy atom. The van der Waals surface area contributed by atoms with Crippen LogP contribution in [0.5, 0.6) is 5.75 Å². The van der Waals surface area contributed by atoms with E-state index < -0.39 is 75.0 Å². The number of hydrogen-bond donors (Lipinski definition) is 9. The molecule has 1 saturated carbocycles. The van der Waals surface area contributed by atoms with Crippen molar-refractivity contribution in [3.05, 3.63) is 46.2 Å². The number of nitrogens with two attached hydrogens (primary N) is 2. The second-order valence-electron chi connectivity index (χ2n) is 12.2. The number of nitrogens with one attached hydrogen (secondary N) is 2. The fraction of sp³-hybridized carbons (Fsp3) is 0.483. The predicted molar refractivity (Wildman–Crippen MR) is 161 cm³/mol. The average molecular weight is 627 g/mol. The number of Topliss-reactive ketones (excluding diaryl/α,β-unsaturated/α-hetero) is 2. The first-order valence-electron chi connectivity index (χ1n) is 14.4. The van der Waals surface area contributed by atoms with E-state index in [9.17, 15) is 39.9 Å². The Bertz CT molecular complexity index is 1570. The normalized spacial score (nSPS) is 30.1. The van der Waals surface area contributed by atoms with E-state index in [1.807, 2.05) is 4.90 Å². The second kappa shape index (κ2) is 11.1. The first-order valence-corrected chi connectivity index (χ1v) is 14.4. The third-order valence-electron chi connectivity index (χ3n) is 9.37. The van der Waals surface area contributed by atoms with Gasteiger partial charge in [-0.05, 0) is 39.1 Å². The molecule has 0 aromatic heterocycles. The van der Waals surface area contributed by atoms with E-state index in [0.717, 1.165) is 0 Å². The molecule has 16 heteroatoms. The lowest BCUT2D eigenvalue weighted by Crippen LogP contribution is -2.67. The number of guanidine groups is 2. The van der Waals surface area contributed by atoms with Gasteiger partial charge in [0.2, 0.25) is 11.7 Å². The molecule has 1 aromatic rings. The number of benzene rings is 1. The van der Waals surface area contributed by atoms with Crippen LogP contribution in [0.4, 0.5) is 0 Å². The average Bonchev–Trinajstić information content (AvgIpc) is 2.96. The number of piperazine rings is 1. The number of carbonyl (C=O) groups excluding carboxylic acids is 3. The van der Waals surface area contributed by atoms with Gasteiger partial charge < -0.3 is 47.2 Å². The predicted octanol–water partition coefficient (Wildman–Crippen LogP) is -1.96. The first-order chi connectivity index (χ1) is 21.0. The molecule has 3 aliphatic carbocycles. The van der Waals surface area contributed by atoms with Gasteiger partial charge in [-0.2, -0.15) is 4.99 Å². The summed E-state index contributed by atoms with van der Waals surface area (Å²) in [7, 11) is 3.06. The molecule has 16 nitrogen and oxygen atoms in total. The number of aliphatic imine (C=N–C) groups is 1. The number of aromatic hydroxyl groups is 1. The number of hydrogen-bond acceptors (Lipinski definition) is 11. The van der Waals surface area contributed by atoms with Crippen molar-refractivity contribution < 1.29 is 39.9 Å². The molecule has 45 heavy (non-hydrogen) atoms. The Kier molecular flexibility index (Phi) is 7.89. The van der Waals surface area contributed by atoms with Crippen molar-refractivity contribution in [2.75, 3.05) is 46.9 Å². The zero-order chi connectivity index (χ0) is 33.2. The highest BCUT2D eigenvalue weighted by atomic mass is 16.3. The van der Waals surface area contributed by atoms with E-state index in [0.29, 0.717) is 26.2 Å². The molecule has 0 unspecified atom stereocenters. The van der Waals surface area contributed by atoms with Gasteiger partial charge in [0.15, 0.2) is 17.3 Å². The summed E-state index contributed by atoms with van der Waals surface area (Å²) in [6.07, 6.45) is -0.226. The van der Waals surface area contributed by atoms with Gasteiger partial charge in [0, 0.05) is 43.6 Å². The number of likely N-dealkylation sites (N-methyl/N-ethyl adjacent to an activating group) is 1. The number of amides is 1. The lowest BCUT2D eigenvalue weighted by Gasteiger charge is -2.53. The highest BCUT2D eigenvalue weighted by molar-refractivity contribution is 6.25. The van der Waals surface area contributed by atoms with Gasteiger partial charge in [0.25, 0.3) is 5.91 Å². The standard InChI is InChI=1S/C29H38N8O8/c1-28(44)13-5-4-6-16(38)17(13)21(39)18-14(28)11-15-20(35(2)3)22(40)19(24(42)29(15,45)23(18)41)25(43)33-12-36-7-9-37(10-8-36)27(32)34-26(30)31/h4-6,14-15,20,38-39,42,44-45H,7-12H2,1-3H3,(H,33,43)(H5,30,31,32,34)/t14-,15+,20-,28-,29-/m0/s1. The van der Waals surface area contributed by atoms with Crippen LogP contribution in [0, 0.1) is 17.2 Å². The van der Waals surface area contributed by atoms with E-state index in [2.05, 4.69) is 10.3 Å². The molecule has 242 valence electrons. The summed E-state index contributed by atoms with van der Waals surface area (Å²) >= 11 is 0. The number of aliphatic hydroxyl groups excluding tert-OH is 2. The summed E-state index contributed by atoms with van der Waals surface area (Å²) < 4.78 is 0. The summed E-state index contributed by atoms with van der Waals surface area (Å²) in [6.45, 7) is 2.90. The van der Waals surface area contributed by atoms with Crippen LogP contribution in [0.3, 0.4) is 0 Å². The molecule has 0 bridgehead atoms. The van der Waals surface area contributed by atoms with Gasteiger partial charge in [0.1, 0.15) is 22.8 Å². The van der Waals surface area contributed by atoms with Crippen molar-refractivity contribution in [3.63, 3.8) is 0 Å². The fourth-order valence-electron chi connectivity index (χ4n) is 7.07. The number of phenols is 1. The van der Waals surface area contributed by atoms with E-state index >= 15 is 0 Å². The number of ketones is 2. The zero-order valence-electron chi connectivity index (χ0n) is 25.1. The molecule has 11 N–H and O–H groups in total. The molecule has 5 atom stereocenters. The Morgan fingerprint density at radius 2 is 1.78 bits per heavy atom. The molecule has 1 amide bonds. The summed E-state index contributed by atoms with van der Waals surface area (Å²) in [5.41, 5.74) is 4.82. The monoisotopic (exact) mass is 626 g/mol. The quantitative estimate of drug-likeness (QED) is 0.100. The number of carbonyl (C=O) groups is 3. The number of nitrogens with zero attached hydrogens (tertiary/aromatic N) is 4. The van der Waals surface area contributed by atoms with Gasteiger partial charge in [-0.15, -0.1) is 0 Å². The maximum atomic E-state index is 14.2. The molecule has 5 rings (SSSR count). The molecular formula is C29H38N8O8. The third kappa shape index (κ3) is 4.89. The van der Waals surface area contributed by atoms with Gasteiger partial charge in [0.05, 0.1) is 23.9 Å². The van der Waals surface area contributed by atoms with E-state index in [-0.39, 0.29) is 36.1 Å². The maximum Gasteiger partial charge on any atom is 0.259 e. The van der Waals surface area contributed by atoms with E-state index in [4.69, 9.17) is 16.9 Å². The maximum absolute atomic E-state index is 14.2. The third-order valence-corrected chi connectivity index (χ3v) is 9.37. The van der Waals surface area contributed by atoms with Gasteiger partial charge in [-0.1, -0.05) is 12.1 Å². The Hall–Kier alpha value is -4.51. The minimum absolute atomic E-state index is 0.0538. The zero-order valence-corrected chi connectivity index (χ0v) is 25.1. The van der Waals surface area contributed by atoms with Crippen molar-refractivity contribution in [1.29, 1.82) is 5.41 Å². The topological polar surface area (TPSA) is 262 Å². The Morgan fingerprint density at radius 1 is 1.13 bits per heavy atom. The summed E-state index contributed by atoms with van der Waals surface area (Å²) in [5.74, 6) is -7.99. The fourth-order valence-corrected chi connectivity index (χ4v) is 7.07. The lowest BCUT2D eigenvalue weighted by molar-refractivity contribution is -0.159. The molecule has 0 spiro atoms. The van der Waals surface area contributed by atoms with Crippen LogP contribution >= 0.6 is 0 Å². The highest BCUT2D eigenvalue weighted by Crippen LogP contribution is 2.57. The molecular weight excluding hydrogens is 588 g/mol. The van der Waals surface area contributed by atoms with Crippen LogP contribution in [0.1, 0.15) is 24.5 Å². The van der Waals surface area contributed by atoms with E-state index in [1.165, 1.54) is 44.1 Å². The Labute approximate surface area is 258 Å². The number of fused-ring (bicyclic) bond motifs is 3. The SMILES string of the molecule is CN(C)[C@@H]1C(=O)C(C(=O)NCN2CCN(C(=N)N=C(N)N)CC2)=C(O)[C@@]2(O)C(=O)C3=C(O)c4c(O)cccc4[C@](C)(O)[C@H]3C[C@H]12. The number of rotatable bonds is 4. The van der Waals surface area contributed by atoms with Gasteiger partial charge >= 0.3 is 0 Å². The lowest BCUT2D eigenvalue weighted by atomic mass is 9.54. The molecule has 4 aliphatic rings. The van der Waals surface area contributed by atoms with Crippen molar-refractivity contribution in [1.82, 2.24) is 20.0 Å². The van der Waals surface area contributed by atoms with Crippen molar-refractivity contribution in [2.45, 2.75) is 30.6 Å². The summed E-state index contributed by atoms with van der Waals surface area (Å²) in [6, 6.07) is 2.99. The van der Waals surface area contributed by atoms with Crippen LogP contribution in [-0.4, -0.2) is 128 Å². The molecule has 0 radical (unpaired) electrons. The first kappa shape index (κ1) is 31.9. The van der Waals surface area contributed by atoms with Gasteiger partial charge in [-0.25, -0.2) is 0 Å². The van der Waals surface area contributed by atoms with Crippen LogP contribution in [0.25, 0.3) is 5.76 Å². The minimum Gasteiger partial charge on any atom is -0.508 e. The molecule has 2 fully saturated rings. The number of phenolic OH excluding ortho intramolecular Hbond substituents is 1. The van der Waals surface area contributed by atoms with Crippen molar-refractivity contribution in [3.8, 4) is 5.75 Å². The van der Waals surface area contributed by atoms with Crippen LogP contribution < -0.4 is 16.8 Å². The van der Waals surface area contributed by atoms with Crippen LogP contribution in [0.2, 0.25) is 0 Å². The minimum atomic E-state index is -2.80. The summed E-state index contributed by atoms with van der Waals surface area (Å²) in [5, 5.41) is 67.4. The highest BCUT2D eigenvalue weighted by Gasteiger charge is 2.66. The number of aliphatic hydroxyl groups is 4. The molecule has 1 heterocycles. The second-order valence-corrected chi connectivity index (χ2v) is 12.2. The molecule has 1 saturated heterocycles. The van der Waals surface area contributed by atoms with Crippen LogP contribution in [-0.2, 0) is 20.0 Å². The smallest absolute Gasteiger partial charge is 0.259 e. The van der Waals surface area contributed by atoms with Crippen molar-refractivity contribution >= 4 is 35.2 Å². The molecule has 1 aromatic carbocycles. The Balaban J connectivity index is 1.47. The van der Waals surface area contributed by atoms with Crippen molar-refractivity contribution in [2.24, 2.45) is 28.3 Å².